The van der Waals surface area contributed by atoms with Gasteiger partial charge in [-0.2, -0.15) is 0 Å². The smallest absolute Gasteiger partial charge is 0.133 e. The monoisotopic (exact) mass is 237 g/mol. The number of benzene rings is 1. The zero-order chi connectivity index (χ0) is 11.4. The number of hydrogen-bond acceptors (Lipinski definition) is 2. The Morgan fingerprint density at radius 3 is 2.75 bits per heavy atom. The minimum Gasteiger partial charge on any atom is -0.385 e. The van der Waals surface area contributed by atoms with E-state index in [-0.39, 0.29) is 0 Å². The summed E-state index contributed by atoms with van der Waals surface area (Å²) in [7, 11) is 0. The third-order valence-electron chi connectivity index (χ3n) is 3.02. The first-order chi connectivity index (χ1) is 7.74. The molecule has 0 radical (unpaired) electrons. The molecule has 0 saturated heterocycles. The summed E-state index contributed by atoms with van der Waals surface area (Å²) in [4.78, 5) is 11.3. The van der Waals surface area contributed by atoms with Gasteiger partial charge in [-0.3, -0.25) is 4.79 Å². The van der Waals surface area contributed by atoms with E-state index in [0.29, 0.717) is 11.7 Å². The van der Waals surface area contributed by atoms with Crippen LogP contribution in [-0.4, -0.2) is 12.3 Å². The van der Waals surface area contributed by atoms with Gasteiger partial charge in [-0.15, -0.1) is 0 Å². The molecule has 1 aromatic rings. The molecular formula is C13H16ClNO. The number of carbonyl (C=O) groups is 1. The first-order valence-corrected chi connectivity index (χ1v) is 6.13. The maximum absolute atomic E-state index is 11.3. The molecule has 2 nitrogen and oxygen atoms in total. The third kappa shape index (κ3) is 3.24. The van der Waals surface area contributed by atoms with Gasteiger partial charge in [0.2, 0.25) is 0 Å². The predicted octanol–water partition coefficient (Wildman–Crippen LogP) is 3.51. The van der Waals surface area contributed by atoms with Crippen LogP contribution in [0.5, 0.6) is 0 Å². The average molecular weight is 238 g/mol. The summed E-state index contributed by atoms with van der Waals surface area (Å²) in [5.74, 6) is 0.908. The number of ketones is 1. The fourth-order valence-electron chi connectivity index (χ4n) is 2.12. The van der Waals surface area contributed by atoms with E-state index in [2.05, 4.69) is 5.32 Å². The second-order valence-electron chi connectivity index (χ2n) is 4.39. The number of anilines is 1. The van der Waals surface area contributed by atoms with E-state index < -0.39 is 0 Å². The van der Waals surface area contributed by atoms with E-state index in [1.165, 1.54) is 0 Å². The minimum atomic E-state index is 0.411. The predicted molar refractivity (Wildman–Crippen MR) is 66.9 cm³/mol. The molecule has 0 bridgehead atoms. The number of carbonyl (C=O) groups excluding carboxylic acids is 1. The van der Waals surface area contributed by atoms with Gasteiger partial charge in [-0.05, 0) is 43.0 Å². The van der Waals surface area contributed by atoms with Crippen LogP contribution in [0, 0.1) is 5.92 Å². The van der Waals surface area contributed by atoms with Crippen molar-refractivity contribution in [3.05, 3.63) is 29.3 Å². The van der Waals surface area contributed by atoms with Gasteiger partial charge in [-0.25, -0.2) is 0 Å². The number of halogens is 1. The molecule has 1 aliphatic carbocycles. The average Bonchev–Trinajstić information content (AvgIpc) is 2.28. The zero-order valence-corrected chi connectivity index (χ0v) is 9.96. The highest BCUT2D eigenvalue weighted by atomic mass is 35.5. The quantitative estimate of drug-likeness (QED) is 0.872. The van der Waals surface area contributed by atoms with Crippen molar-refractivity contribution in [1.29, 1.82) is 0 Å². The molecule has 0 aromatic heterocycles. The van der Waals surface area contributed by atoms with Crippen molar-refractivity contribution >= 4 is 23.1 Å². The second kappa shape index (κ2) is 5.35. The lowest BCUT2D eigenvalue weighted by molar-refractivity contribution is -0.121. The third-order valence-corrected chi connectivity index (χ3v) is 3.28. The highest BCUT2D eigenvalue weighted by molar-refractivity contribution is 6.30. The molecule has 1 aromatic carbocycles. The molecule has 3 heteroatoms. The SMILES string of the molecule is O=C1CCCC(CNc2ccc(Cl)cc2)C1. The van der Waals surface area contributed by atoms with Crippen LogP contribution in [0.15, 0.2) is 24.3 Å². The summed E-state index contributed by atoms with van der Waals surface area (Å²) in [5.41, 5.74) is 1.07. The van der Waals surface area contributed by atoms with Crippen LogP contribution in [0.25, 0.3) is 0 Å². The van der Waals surface area contributed by atoms with Crippen molar-refractivity contribution in [2.45, 2.75) is 25.7 Å². The first kappa shape index (κ1) is 11.5. The van der Waals surface area contributed by atoms with Crippen molar-refractivity contribution in [2.75, 3.05) is 11.9 Å². The van der Waals surface area contributed by atoms with Crippen molar-refractivity contribution in [1.82, 2.24) is 0 Å². The largest absolute Gasteiger partial charge is 0.385 e. The lowest BCUT2D eigenvalue weighted by Crippen LogP contribution is -2.22. The van der Waals surface area contributed by atoms with Crippen LogP contribution in [0.4, 0.5) is 5.69 Å². The number of rotatable bonds is 3. The van der Waals surface area contributed by atoms with E-state index in [4.69, 9.17) is 11.6 Å². The Bertz CT molecular complexity index is 361. The normalized spacial score (nSPS) is 20.8. The maximum atomic E-state index is 11.3. The summed E-state index contributed by atoms with van der Waals surface area (Å²) in [5, 5.41) is 4.10. The van der Waals surface area contributed by atoms with Gasteiger partial charge in [0.05, 0.1) is 0 Å². The zero-order valence-electron chi connectivity index (χ0n) is 9.21. The molecule has 1 aliphatic rings. The van der Waals surface area contributed by atoms with Gasteiger partial charge in [0.25, 0.3) is 0 Å². The lowest BCUT2D eigenvalue weighted by Gasteiger charge is -2.21. The number of nitrogens with one attached hydrogen (secondary N) is 1. The fourth-order valence-corrected chi connectivity index (χ4v) is 2.24. The highest BCUT2D eigenvalue weighted by Gasteiger charge is 2.18. The van der Waals surface area contributed by atoms with Gasteiger partial charge in [-0.1, -0.05) is 11.6 Å². The maximum Gasteiger partial charge on any atom is 0.133 e. The molecule has 2 rings (SSSR count). The van der Waals surface area contributed by atoms with E-state index in [9.17, 15) is 4.79 Å². The van der Waals surface area contributed by atoms with Gasteiger partial charge < -0.3 is 5.32 Å². The molecule has 16 heavy (non-hydrogen) atoms. The molecule has 0 heterocycles. The van der Waals surface area contributed by atoms with E-state index in [0.717, 1.165) is 42.9 Å². The number of hydrogen-bond donors (Lipinski definition) is 1. The van der Waals surface area contributed by atoms with Crippen molar-refractivity contribution < 1.29 is 4.79 Å². The Morgan fingerprint density at radius 1 is 1.31 bits per heavy atom. The van der Waals surface area contributed by atoms with Gasteiger partial charge >= 0.3 is 0 Å². The van der Waals surface area contributed by atoms with Crippen LogP contribution in [-0.2, 0) is 4.79 Å². The summed E-state index contributed by atoms with van der Waals surface area (Å²) in [6.07, 6.45) is 3.72. The Labute approximate surface area is 101 Å². The van der Waals surface area contributed by atoms with Crippen molar-refractivity contribution in [3.63, 3.8) is 0 Å². The fraction of sp³-hybridized carbons (Fsp3) is 0.462. The van der Waals surface area contributed by atoms with Gasteiger partial charge in [0, 0.05) is 30.1 Å². The van der Waals surface area contributed by atoms with E-state index >= 15 is 0 Å². The van der Waals surface area contributed by atoms with Crippen LogP contribution in [0.3, 0.4) is 0 Å². The van der Waals surface area contributed by atoms with Crippen molar-refractivity contribution in [2.24, 2.45) is 5.92 Å². The lowest BCUT2D eigenvalue weighted by atomic mass is 9.88. The molecule has 0 aliphatic heterocycles. The second-order valence-corrected chi connectivity index (χ2v) is 4.83. The van der Waals surface area contributed by atoms with Gasteiger partial charge in [0.15, 0.2) is 0 Å². The standard InChI is InChI=1S/C13H16ClNO/c14-11-4-6-12(7-5-11)15-9-10-2-1-3-13(16)8-10/h4-7,10,15H,1-3,8-9H2. The topological polar surface area (TPSA) is 29.1 Å². The minimum absolute atomic E-state index is 0.411. The molecule has 86 valence electrons. The van der Waals surface area contributed by atoms with Crippen LogP contribution in [0.1, 0.15) is 25.7 Å². The molecule has 1 saturated carbocycles. The Kier molecular flexibility index (Phi) is 3.83. The Morgan fingerprint density at radius 2 is 2.06 bits per heavy atom. The first-order valence-electron chi connectivity index (χ1n) is 5.75. The summed E-state index contributed by atoms with van der Waals surface area (Å²) < 4.78 is 0. The Balaban J connectivity index is 1.82. The molecule has 1 fully saturated rings. The molecule has 0 amide bonds. The van der Waals surface area contributed by atoms with Gasteiger partial charge in [0.1, 0.15) is 5.78 Å². The van der Waals surface area contributed by atoms with Crippen molar-refractivity contribution in [3.8, 4) is 0 Å². The molecule has 1 N–H and O–H groups in total. The summed E-state index contributed by atoms with van der Waals surface area (Å²) in [6.45, 7) is 0.882. The highest BCUT2D eigenvalue weighted by Crippen LogP contribution is 2.22. The summed E-state index contributed by atoms with van der Waals surface area (Å²) in [6, 6.07) is 7.67. The van der Waals surface area contributed by atoms with Crippen LogP contribution in [0.2, 0.25) is 5.02 Å². The summed E-state index contributed by atoms with van der Waals surface area (Å²) >= 11 is 5.81. The van der Waals surface area contributed by atoms with E-state index in [1.807, 2.05) is 24.3 Å². The molecule has 1 atom stereocenters. The van der Waals surface area contributed by atoms with E-state index in [1.54, 1.807) is 0 Å². The molecule has 0 spiro atoms. The molecule has 1 unspecified atom stereocenters. The van der Waals surface area contributed by atoms with Crippen LogP contribution < -0.4 is 5.32 Å². The Hall–Kier alpha value is -1.02. The molecular weight excluding hydrogens is 222 g/mol. The van der Waals surface area contributed by atoms with Crippen LogP contribution >= 0.6 is 11.6 Å². The number of Topliss-reactive ketones (excluding diaryl/α,β-unsaturated/α-hetero) is 1.